The van der Waals surface area contributed by atoms with Crippen molar-refractivity contribution in [2.75, 3.05) is 26.2 Å². The Morgan fingerprint density at radius 1 is 1.04 bits per heavy atom. The Kier molecular flexibility index (Phi) is 4.38. The van der Waals surface area contributed by atoms with Gasteiger partial charge in [-0.3, -0.25) is 9.59 Å². The van der Waals surface area contributed by atoms with Crippen molar-refractivity contribution in [3.8, 4) is 0 Å². The molecule has 132 valence electrons. The molecule has 0 radical (unpaired) electrons. The fraction of sp³-hybridized carbons (Fsp3) is 0.444. The third-order valence-corrected chi connectivity index (χ3v) is 5.76. The molecule has 2 aromatic rings. The van der Waals surface area contributed by atoms with E-state index in [0.717, 1.165) is 36.7 Å². The quantitative estimate of drug-likeness (QED) is 0.866. The number of carbonyl (C=O) groups excluding carboxylic acids is 2. The molecule has 7 heteroatoms. The van der Waals surface area contributed by atoms with Crippen molar-refractivity contribution in [3.05, 3.63) is 33.9 Å². The Morgan fingerprint density at radius 3 is 2.52 bits per heavy atom. The zero-order valence-corrected chi connectivity index (χ0v) is 15.2. The summed E-state index contributed by atoms with van der Waals surface area (Å²) >= 11 is 12.3. The lowest BCUT2D eigenvalue weighted by molar-refractivity contribution is -0.132. The van der Waals surface area contributed by atoms with Gasteiger partial charge in [-0.05, 0) is 37.5 Å². The SMILES string of the molecule is O=C(c1cc2c(Cl)c(Cl)ccc2[nH]1)N1CCCN(C(=O)C2CC2)CC1. The van der Waals surface area contributed by atoms with Crippen LogP contribution in [0.15, 0.2) is 18.2 Å². The van der Waals surface area contributed by atoms with Crippen LogP contribution in [0.1, 0.15) is 29.8 Å². The van der Waals surface area contributed by atoms with Crippen molar-refractivity contribution in [1.82, 2.24) is 14.8 Å². The highest BCUT2D eigenvalue weighted by atomic mass is 35.5. The van der Waals surface area contributed by atoms with Crippen molar-refractivity contribution >= 4 is 45.9 Å². The lowest BCUT2D eigenvalue weighted by atomic mass is 10.2. The minimum atomic E-state index is -0.0656. The fourth-order valence-corrected chi connectivity index (χ4v) is 3.74. The number of nitrogens with zero attached hydrogens (tertiary/aromatic N) is 2. The predicted octanol–water partition coefficient (Wildman–Crippen LogP) is 3.56. The molecule has 5 nitrogen and oxygen atoms in total. The van der Waals surface area contributed by atoms with Crippen LogP contribution in [0.2, 0.25) is 10.0 Å². The Balaban J connectivity index is 1.50. The molecule has 1 aliphatic heterocycles. The smallest absolute Gasteiger partial charge is 0.270 e. The van der Waals surface area contributed by atoms with Crippen LogP contribution in [0.5, 0.6) is 0 Å². The molecular weight excluding hydrogens is 361 g/mol. The lowest BCUT2D eigenvalue weighted by Crippen LogP contribution is -2.38. The van der Waals surface area contributed by atoms with Gasteiger partial charge in [0.15, 0.2) is 0 Å². The van der Waals surface area contributed by atoms with Crippen LogP contribution in [0, 0.1) is 5.92 Å². The third kappa shape index (κ3) is 3.23. The number of hydrogen-bond donors (Lipinski definition) is 1. The molecule has 0 bridgehead atoms. The van der Waals surface area contributed by atoms with Gasteiger partial charge >= 0.3 is 0 Å². The number of hydrogen-bond acceptors (Lipinski definition) is 2. The van der Waals surface area contributed by atoms with Gasteiger partial charge in [0.25, 0.3) is 5.91 Å². The van der Waals surface area contributed by atoms with Crippen LogP contribution in [-0.2, 0) is 4.79 Å². The summed E-state index contributed by atoms with van der Waals surface area (Å²) in [5.74, 6) is 0.410. The maximum atomic E-state index is 12.9. The van der Waals surface area contributed by atoms with E-state index in [0.29, 0.717) is 35.4 Å². The number of benzene rings is 1. The van der Waals surface area contributed by atoms with Gasteiger partial charge < -0.3 is 14.8 Å². The highest BCUT2D eigenvalue weighted by Crippen LogP contribution is 2.32. The molecule has 0 spiro atoms. The Hall–Kier alpha value is -1.72. The summed E-state index contributed by atoms with van der Waals surface area (Å²) in [4.78, 5) is 31.9. The number of aromatic amines is 1. The Morgan fingerprint density at radius 2 is 1.76 bits per heavy atom. The molecule has 1 saturated carbocycles. The first kappa shape index (κ1) is 16.7. The van der Waals surface area contributed by atoms with E-state index in [2.05, 4.69) is 4.98 Å². The van der Waals surface area contributed by atoms with Crippen molar-refractivity contribution in [3.63, 3.8) is 0 Å². The van der Waals surface area contributed by atoms with E-state index in [1.165, 1.54) is 0 Å². The molecule has 2 amide bonds. The number of rotatable bonds is 2. The van der Waals surface area contributed by atoms with Gasteiger partial charge in [-0.15, -0.1) is 0 Å². The average molecular weight is 380 g/mol. The summed E-state index contributed by atoms with van der Waals surface area (Å²) in [6.45, 7) is 2.54. The molecule has 2 heterocycles. The van der Waals surface area contributed by atoms with Crippen LogP contribution in [-0.4, -0.2) is 52.8 Å². The van der Waals surface area contributed by atoms with Gasteiger partial charge in [0.05, 0.1) is 10.0 Å². The highest BCUT2D eigenvalue weighted by molar-refractivity contribution is 6.45. The van der Waals surface area contributed by atoms with E-state index in [4.69, 9.17) is 23.2 Å². The number of H-pyrrole nitrogens is 1. The van der Waals surface area contributed by atoms with Gasteiger partial charge in [0.2, 0.25) is 5.91 Å². The molecule has 1 saturated heterocycles. The van der Waals surface area contributed by atoms with E-state index in [1.54, 1.807) is 17.0 Å². The van der Waals surface area contributed by atoms with Crippen molar-refractivity contribution < 1.29 is 9.59 Å². The van der Waals surface area contributed by atoms with Crippen LogP contribution in [0.4, 0.5) is 0 Å². The first-order chi connectivity index (χ1) is 12.0. The van der Waals surface area contributed by atoms with Crippen molar-refractivity contribution in [1.29, 1.82) is 0 Å². The first-order valence-electron chi connectivity index (χ1n) is 8.59. The van der Waals surface area contributed by atoms with Gasteiger partial charge in [-0.25, -0.2) is 0 Å². The number of halogens is 2. The topological polar surface area (TPSA) is 56.4 Å². The van der Waals surface area contributed by atoms with Crippen LogP contribution >= 0.6 is 23.2 Å². The molecule has 1 aromatic carbocycles. The Bertz CT molecular complexity index is 844. The molecule has 4 rings (SSSR count). The second-order valence-corrected chi connectivity index (χ2v) is 7.54. The van der Waals surface area contributed by atoms with E-state index >= 15 is 0 Å². The largest absolute Gasteiger partial charge is 0.350 e. The molecule has 1 aliphatic carbocycles. The van der Waals surface area contributed by atoms with Crippen LogP contribution in [0.25, 0.3) is 10.9 Å². The molecule has 0 unspecified atom stereocenters. The fourth-order valence-electron chi connectivity index (χ4n) is 3.36. The number of fused-ring (bicyclic) bond motifs is 1. The maximum Gasteiger partial charge on any atom is 0.270 e. The van der Waals surface area contributed by atoms with Gasteiger partial charge in [-0.2, -0.15) is 0 Å². The zero-order valence-electron chi connectivity index (χ0n) is 13.7. The van der Waals surface area contributed by atoms with Gasteiger partial charge in [-0.1, -0.05) is 23.2 Å². The summed E-state index contributed by atoms with van der Waals surface area (Å²) in [5, 5.41) is 1.67. The normalized spacial score (nSPS) is 18.5. The molecule has 2 aliphatic rings. The van der Waals surface area contributed by atoms with Crippen LogP contribution < -0.4 is 0 Å². The molecular formula is C18H19Cl2N3O2. The predicted molar refractivity (Wildman–Crippen MR) is 98.1 cm³/mol. The minimum absolute atomic E-state index is 0.0656. The summed E-state index contributed by atoms with van der Waals surface area (Å²) < 4.78 is 0. The summed E-state index contributed by atoms with van der Waals surface area (Å²) in [6.07, 6.45) is 2.82. The first-order valence-corrected chi connectivity index (χ1v) is 9.35. The third-order valence-electron chi connectivity index (χ3n) is 4.94. The zero-order chi connectivity index (χ0) is 17.6. The Labute approximate surface area is 155 Å². The second-order valence-electron chi connectivity index (χ2n) is 6.75. The van der Waals surface area contributed by atoms with Crippen LogP contribution in [0.3, 0.4) is 0 Å². The lowest BCUT2D eigenvalue weighted by Gasteiger charge is -2.21. The molecule has 1 N–H and O–H groups in total. The molecule has 25 heavy (non-hydrogen) atoms. The van der Waals surface area contributed by atoms with E-state index in [1.807, 2.05) is 11.0 Å². The number of amides is 2. The summed E-state index contributed by atoms with van der Waals surface area (Å²) in [6, 6.07) is 5.28. The highest BCUT2D eigenvalue weighted by Gasteiger charge is 2.34. The maximum absolute atomic E-state index is 12.9. The number of carbonyl (C=O) groups is 2. The van der Waals surface area contributed by atoms with E-state index in [-0.39, 0.29) is 17.7 Å². The molecule has 2 fully saturated rings. The van der Waals surface area contributed by atoms with Gasteiger partial charge in [0, 0.05) is 43.0 Å². The van der Waals surface area contributed by atoms with E-state index < -0.39 is 0 Å². The number of nitrogens with one attached hydrogen (secondary N) is 1. The van der Waals surface area contributed by atoms with Crippen molar-refractivity contribution in [2.45, 2.75) is 19.3 Å². The molecule has 1 aromatic heterocycles. The monoisotopic (exact) mass is 379 g/mol. The molecule has 0 atom stereocenters. The van der Waals surface area contributed by atoms with Gasteiger partial charge in [0.1, 0.15) is 5.69 Å². The average Bonchev–Trinajstić information content (AvgIpc) is 3.40. The standard InChI is InChI=1S/C18H19Cl2N3O2/c19-13-4-5-14-12(16(13)20)10-15(21-14)18(25)23-7-1-6-22(8-9-23)17(24)11-2-3-11/h4-5,10-11,21H,1-3,6-9H2. The minimum Gasteiger partial charge on any atom is -0.350 e. The number of aromatic nitrogens is 1. The summed E-state index contributed by atoms with van der Waals surface area (Å²) in [7, 11) is 0. The summed E-state index contributed by atoms with van der Waals surface area (Å²) in [5.41, 5.74) is 1.29. The van der Waals surface area contributed by atoms with E-state index in [9.17, 15) is 9.59 Å². The second kappa shape index (κ2) is 6.54. The van der Waals surface area contributed by atoms with Crippen molar-refractivity contribution in [2.24, 2.45) is 5.92 Å².